The molecule has 3 aliphatic rings. The van der Waals surface area contributed by atoms with Crippen molar-refractivity contribution in [1.29, 1.82) is 0 Å². The Hall–Kier alpha value is -1.18. The van der Waals surface area contributed by atoms with E-state index in [-0.39, 0.29) is 23.8 Å². The monoisotopic (exact) mass is 537 g/mol. The number of nitrogens with zero attached hydrogens (tertiary/aromatic N) is 1. The summed E-state index contributed by atoms with van der Waals surface area (Å²) in [5, 5.41) is 0. The number of fused-ring (bicyclic) bond motifs is 1. The minimum absolute atomic E-state index is 0.00916. The van der Waals surface area contributed by atoms with Gasteiger partial charge in [-0.25, -0.2) is 4.18 Å². The van der Waals surface area contributed by atoms with Crippen molar-refractivity contribution < 1.29 is 21.9 Å². The highest BCUT2D eigenvalue weighted by Crippen LogP contribution is 2.58. The second-order valence-corrected chi connectivity index (χ2v) is 14.4. The molecule has 0 bridgehead atoms. The average molecular weight is 538 g/mol. The third kappa shape index (κ3) is 7.92. The lowest BCUT2D eigenvalue weighted by Gasteiger charge is -2.53. The van der Waals surface area contributed by atoms with E-state index in [0.717, 1.165) is 50.6 Å². The van der Waals surface area contributed by atoms with Crippen molar-refractivity contribution in [1.82, 2.24) is 4.90 Å². The minimum Gasteiger partial charge on any atom is -0.335 e. The van der Waals surface area contributed by atoms with E-state index in [1.807, 2.05) is 4.90 Å². The molecular weight excluding hydrogens is 486 g/mol. The van der Waals surface area contributed by atoms with Crippen LogP contribution in [-0.2, 0) is 19.4 Å². The summed E-state index contributed by atoms with van der Waals surface area (Å²) >= 11 is 0. The van der Waals surface area contributed by atoms with Crippen LogP contribution in [0.15, 0.2) is 23.3 Å². The summed E-state index contributed by atoms with van der Waals surface area (Å²) in [4.78, 5) is 14.7. The fourth-order valence-electron chi connectivity index (χ4n) is 6.91. The fraction of sp³-hybridized carbons (Fsp3) is 0.833. The molecule has 0 aromatic carbocycles. The summed E-state index contributed by atoms with van der Waals surface area (Å²) in [7, 11) is -4.48. The molecule has 37 heavy (non-hydrogen) atoms. The standard InChI is InChI=1S/C30H51NO5S/c1-22(2)15-19-31-20-16-25(28(31)32)10-7-9-24(21-36-37(33,34)35)14-18-30(6)23(3)12-13-26-27(30)11-8-17-29(26,4)5/h11,16,22-24,26H,7-10,12-15,17-21H2,1-6H3,(H,33,34,35)/t23-,24+,26-,30-/m1/s1. The number of allylic oxidation sites excluding steroid dienone is 2. The number of amides is 1. The lowest BCUT2D eigenvalue weighted by molar-refractivity contribution is -0.125. The minimum atomic E-state index is -4.48. The molecule has 1 amide bonds. The maximum Gasteiger partial charge on any atom is 0.397 e. The Balaban J connectivity index is 1.61. The van der Waals surface area contributed by atoms with Gasteiger partial charge < -0.3 is 4.90 Å². The molecule has 1 N–H and O–H groups in total. The van der Waals surface area contributed by atoms with Crippen LogP contribution >= 0.6 is 0 Å². The molecular formula is C30H51NO5S. The number of rotatable bonds is 13. The Bertz CT molecular complexity index is 966. The average Bonchev–Trinajstić information content (AvgIpc) is 3.15. The maximum atomic E-state index is 12.8. The molecule has 6 nitrogen and oxygen atoms in total. The van der Waals surface area contributed by atoms with E-state index < -0.39 is 10.4 Å². The zero-order valence-electron chi connectivity index (χ0n) is 24.1. The van der Waals surface area contributed by atoms with Crippen molar-refractivity contribution in [3.8, 4) is 0 Å². The molecule has 0 spiro atoms. The van der Waals surface area contributed by atoms with Gasteiger partial charge in [0.15, 0.2) is 0 Å². The summed E-state index contributed by atoms with van der Waals surface area (Å²) in [5.74, 6) is 1.92. The largest absolute Gasteiger partial charge is 0.397 e. The molecule has 1 saturated carbocycles. The first-order valence-corrected chi connectivity index (χ1v) is 15.9. The van der Waals surface area contributed by atoms with Crippen molar-refractivity contribution in [2.45, 2.75) is 106 Å². The van der Waals surface area contributed by atoms with Crippen LogP contribution in [0, 0.1) is 34.5 Å². The SMILES string of the molecule is CC(C)CCN1CC=C(CCC[C@@H](CC[C@@]2(C)C3=CCCC(C)(C)[C@@H]3CC[C@H]2C)COS(=O)(=O)O)C1=O. The third-order valence-electron chi connectivity index (χ3n) is 9.79. The van der Waals surface area contributed by atoms with Crippen LogP contribution in [0.5, 0.6) is 0 Å². The Morgan fingerprint density at radius 3 is 2.54 bits per heavy atom. The van der Waals surface area contributed by atoms with E-state index in [0.29, 0.717) is 36.1 Å². The lowest BCUT2D eigenvalue weighted by atomic mass is 9.52. The van der Waals surface area contributed by atoms with Gasteiger partial charge in [0.05, 0.1) is 6.61 Å². The predicted molar refractivity (Wildman–Crippen MR) is 149 cm³/mol. The van der Waals surface area contributed by atoms with Crippen molar-refractivity contribution >= 4 is 16.3 Å². The van der Waals surface area contributed by atoms with Crippen molar-refractivity contribution in [2.24, 2.45) is 34.5 Å². The number of hydrogen-bond acceptors (Lipinski definition) is 4. The molecule has 2 aliphatic carbocycles. The molecule has 0 aromatic heterocycles. The zero-order chi connectivity index (χ0) is 27.4. The molecule has 1 heterocycles. The summed E-state index contributed by atoms with van der Waals surface area (Å²) < 4.78 is 36.8. The highest BCUT2D eigenvalue weighted by atomic mass is 32.3. The van der Waals surface area contributed by atoms with Crippen LogP contribution in [-0.4, -0.2) is 43.5 Å². The van der Waals surface area contributed by atoms with E-state index in [1.54, 1.807) is 5.57 Å². The van der Waals surface area contributed by atoms with Crippen molar-refractivity contribution in [3.05, 3.63) is 23.3 Å². The smallest absolute Gasteiger partial charge is 0.335 e. The number of carbonyl (C=O) groups excluding carboxylic acids is 1. The van der Waals surface area contributed by atoms with Gasteiger partial charge in [0.2, 0.25) is 5.91 Å². The number of carbonyl (C=O) groups is 1. The van der Waals surface area contributed by atoms with E-state index in [4.69, 9.17) is 4.18 Å². The second-order valence-electron chi connectivity index (χ2n) is 13.3. The van der Waals surface area contributed by atoms with Gasteiger partial charge in [0.25, 0.3) is 0 Å². The summed E-state index contributed by atoms with van der Waals surface area (Å²) in [6, 6.07) is 0. The molecule has 3 rings (SSSR count). The second kappa shape index (κ2) is 12.3. The quantitative estimate of drug-likeness (QED) is 0.202. The first-order chi connectivity index (χ1) is 17.2. The Morgan fingerprint density at radius 2 is 1.86 bits per heavy atom. The van der Waals surface area contributed by atoms with Gasteiger partial charge >= 0.3 is 10.4 Å². The maximum absolute atomic E-state index is 12.8. The Labute approximate surface area is 226 Å². The molecule has 0 radical (unpaired) electrons. The van der Waals surface area contributed by atoms with Crippen LogP contribution < -0.4 is 0 Å². The van der Waals surface area contributed by atoms with E-state index in [1.165, 1.54) is 19.3 Å². The van der Waals surface area contributed by atoms with Gasteiger partial charge in [0, 0.05) is 18.7 Å². The summed E-state index contributed by atoms with van der Waals surface area (Å²) in [6.07, 6.45) is 14.5. The van der Waals surface area contributed by atoms with Gasteiger partial charge in [-0.05, 0) is 98.7 Å². The van der Waals surface area contributed by atoms with Gasteiger partial charge in [-0.1, -0.05) is 59.3 Å². The Morgan fingerprint density at radius 1 is 1.14 bits per heavy atom. The van der Waals surface area contributed by atoms with E-state index in [9.17, 15) is 17.8 Å². The normalized spacial score (nSPS) is 28.8. The van der Waals surface area contributed by atoms with E-state index >= 15 is 0 Å². The molecule has 7 heteroatoms. The van der Waals surface area contributed by atoms with Crippen LogP contribution in [0.4, 0.5) is 0 Å². The molecule has 0 unspecified atom stereocenters. The molecule has 1 aliphatic heterocycles. The number of hydrogen-bond donors (Lipinski definition) is 1. The Kier molecular flexibility index (Phi) is 10.1. The highest BCUT2D eigenvalue weighted by molar-refractivity contribution is 7.80. The van der Waals surface area contributed by atoms with Gasteiger partial charge in [-0.3, -0.25) is 9.35 Å². The topological polar surface area (TPSA) is 83.9 Å². The summed E-state index contributed by atoms with van der Waals surface area (Å²) in [5.41, 5.74) is 2.91. The predicted octanol–water partition coefficient (Wildman–Crippen LogP) is 6.99. The molecule has 0 aromatic rings. The zero-order valence-corrected chi connectivity index (χ0v) is 24.9. The van der Waals surface area contributed by atoms with Gasteiger partial charge in [-0.2, -0.15) is 8.42 Å². The summed E-state index contributed by atoms with van der Waals surface area (Å²) in [6.45, 7) is 15.4. The third-order valence-corrected chi connectivity index (χ3v) is 10.2. The van der Waals surface area contributed by atoms with Crippen LogP contribution in [0.1, 0.15) is 106 Å². The molecule has 0 saturated heterocycles. The lowest BCUT2D eigenvalue weighted by Crippen LogP contribution is -2.43. The van der Waals surface area contributed by atoms with Crippen LogP contribution in [0.3, 0.4) is 0 Å². The van der Waals surface area contributed by atoms with Crippen LogP contribution in [0.2, 0.25) is 0 Å². The van der Waals surface area contributed by atoms with Gasteiger partial charge in [-0.15, -0.1) is 0 Å². The van der Waals surface area contributed by atoms with E-state index in [2.05, 4.69) is 53.7 Å². The molecule has 1 fully saturated rings. The molecule has 212 valence electrons. The van der Waals surface area contributed by atoms with Gasteiger partial charge in [0.1, 0.15) is 0 Å². The highest BCUT2D eigenvalue weighted by Gasteiger charge is 2.47. The first kappa shape index (κ1) is 30.4. The van der Waals surface area contributed by atoms with Crippen molar-refractivity contribution in [3.63, 3.8) is 0 Å². The first-order valence-electron chi connectivity index (χ1n) is 14.5. The van der Waals surface area contributed by atoms with Crippen LogP contribution in [0.25, 0.3) is 0 Å². The fourth-order valence-corrected chi connectivity index (χ4v) is 7.28. The molecule has 4 atom stereocenters. The van der Waals surface area contributed by atoms with Crippen molar-refractivity contribution in [2.75, 3.05) is 19.7 Å².